The molecular weight excluding hydrogens is 286 g/mol. The maximum atomic E-state index is 12.0. The number of carbonyl (C=O) groups is 1. The van der Waals surface area contributed by atoms with Crippen molar-refractivity contribution in [2.24, 2.45) is 0 Å². The highest BCUT2D eigenvalue weighted by molar-refractivity contribution is 5.89. The van der Waals surface area contributed by atoms with Crippen LogP contribution in [0.1, 0.15) is 32.1 Å². The van der Waals surface area contributed by atoms with Crippen molar-refractivity contribution >= 4 is 23.1 Å². The maximum absolute atomic E-state index is 12.0. The molecule has 4 nitrogen and oxygen atoms in total. The van der Waals surface area contributed by atoms with Crippen molar-refractivity contribution in [3.05, 3.63) is 54.6 Å². The Balaban J connectivity index is 1.51. The van der Waals surface area contributed by atoms with E-state index in [4.69, 9.17) is 0 Å². The Labute approximate surface area is 137 Å². The molecule has 0 aliphatic heterocycles. The molecule has 0 saturated heterocycles. The average molecular weight is 309 g/mol. The van der Waals surface area contributed by atoms with Crippen LogP contribution in [0.5, 0.6) is 0 Å². The first kappa shape index (κ1) is 15.4. The van der Waals surface area contributed by atoms with E-state index in [2.05, 4.69) is 16.0 Å². The molecule has 1 aliphatic carbocycles. The topological polar surface area (TPSA) is 53.2 Å². The van der Waals surface area contributed by atoms with Crippen LogP contribution in [-0.2, 0) is 0 Å². The minimum atomic E-state index is -0.110. The molecule has 2 amide bonds. The molecule has 3 N–H and O–H groups in total. The van der Waals surface area contributed by atoms with Gasteiger partial charge < -0.3 is 16.0 Å². The molecule has 0 unspecified atom stereocenters. The number of rotatable bonds is 4. The van der Waals surface area contributed by atoms with Crippen LogP contribution in [0, 0.1) is 0 Å². The lowest BCUT2D eigenvalue weighted by atomic mass is 9.96. The van der Waals surface area contributed by atoms with Gasteiger partial charge in [-0.15, -0.1) is 0 Å². The maximum Gasteiger partial charge on any atom is 0.319 e. The predicted octanol–water partition coefficient (Wildman–Crippen LogP) is 4.88. The molecule has 23 heavy (non-hydrogen) atoms. The number of para-hydroxylation sites is 1. The Morgan fingerprint density at radius 2 is 1.39 bits per heavy atom. The molecule has 0 bridgehead atoms. The molecule has 0 spiro atoms. The van der Waals surface area contributed by atoms with E-state index < -0.39 is 0 Å². The summed E-state index contributed by atoms with van der Waals surface area (Å²) in [4.78, 5) is 12.0. The molecule has 0 atom stereocenters. The summed E-state index contributed by atoms with van der Waals surface area (Å²) >= 11 is 0. The van der Waals surface area contributed by atoms with Crippen molar-refractivity contribution in [2.75, 3.05) is 10.6 Å². The SMILES string of the molecule is O=C(Nc1ccc(Nc2ccccc2)cc1)NC1CCCCC1. The Morgan fingerprint density at radius 3 is 2.09 bits per heavy atom. The summed E-state index contributed by atoms with van der Waals surface area (Å²) in [6.07, 6.45) is 5.89. The monoisotopic (exact) mass is 309 g/mol. The Morgan fingerprint density at radius 1 is 0.783 bits per heavy atom. The summed E-state index contributed by atoms with van der Waals surface area (Å²) in [7, 11) is 0. The summed E-state index contributed by atoms with van der Waals surface area (Å²) in [5, 5.41) is 9.28. The molecule has 2 aromatic carbocycles. The normalized spacial score (nSPS) is 15.0. The predicted molar refractivity (Wildman–Crippen MR) is 95.2 cm³/mol. The first-order chi connectivity index (χ1) is 11.3. The van der Waals surface area contributed by atoms with E-state index in [0.29, 0.717) is 6.04 Å². The van der Waals surface area contributed by atoms with Gasteiger partial charge in [0.2, 0.25) is 0 Å². The smallest absolute Gasteiger partial charge is 0.319 e. The van der Waals surface area contributed by atoms with Gasteiger partial charge >= 0.3 is 6.03 Å². The zero-order chi connectivity index (χ0) is 15.9. The van der Waals surface area contributed by atoms with Crippen LogP contribution < -0.4 is 16.0 Å². The number of benzene rings is 2. The van der Waals surface area contributed by atoms with Gasteiger partial charge in [0.1, 0.15) is 0 Å². The molecule has 2 aromatic rings. The molecule has 0 aromatic heterocycles. The van der Waals surface area contributed by atoms with Crippen molar-refractivity contribution in [1.29, 1.82) is 0 Å². The van der Waals surface area contributed by atoms with Crippen molar-refractivity contribution in [2.45, 2.75) is 38.1 Å². The van der Waals surface area contributed by atoms with Gasteiger partial charge in [-0.05, 0) is 49.2 Å². The number of amides is 2. The number of nitrogens with one attached hydrogen (secondary N) is 3. The fraction of sp³-hybridized carbons (Fsp3) is 0.316. The largest absolute Gasteiger partial charge is 0.356 e. The number of hydrogen-bond acceptors (Lipinski definition) is 2. The van der Waals surface area contributed by atoms with Gasteiger partial charge in [-0.25, -0.2) is 4.79 Å². The van der Waals surface area contributed by atoms with E-state index in [-0.39, 0.29) is 6.03 Å². The van der Waals surface area contributed by atoms with Crippen molar-refractivity contribution in [3.8, 4) is 0 Å². The third-order valence-corrected chi connectivity index (χ3v) is 4.15. The fourth-order valence-corrected chi connectivity index (χ4v) is 2.92. The number of carbonyl (C=O) groups excluding carboxylic acids is 1. The first-order valence-corrected chi connectivity index (χ1v) is 8.29. The molecule has 3 rings (SSSR count). The van der Waals surface area contributed by atoms with Crippen LogP contribution in [0.2, 0.25) is 0 Å². The van der Waals surface area contributed by atoms with Crippen molar-refractivity contribution in [3.63, 3.8) is 0 Å². The summed E-state index contributed by atoms with van der Waals surface area (Å²) < 4.78 is 0. The highest BCUT2D eigenvalue weighted by Gasteiger charge is 2.15. The Bertz CT molecular complexity index is 619. The van der Waals surface area contributed by atoms with E-state index in [1.165, 1.54) is 19.3 Å². The summed E-state index contributed by atoms with van der Waals surface area (Å²) in [6.45, 7) is 0. The van der Waals surface area contributed by atoms with Crippen LogP contribution in [0.25, 0.3) is 0 Å². The van der Waals surface area contributed by atoms with E-state index in [9.17, 15) is 4.79 Å². The Kier molecular flexibility index (Phi) is 5.14. The molecule has 1 saturated carbocycles. The molecule has 4 heteroatoms. The molecule has 0 heterocycles. The second kappa shape index (κ2) is 7.68. The molecule has 0 radical (unpaired) electrons. The molecular formula is C19H23N3O. The van der Waals surface area contributed by atoms with E-state index in [1.54, 1.807) is 0 Å². The number of hydrogen-bond donors (Lipinski definition) is 3. The van der Waals surface area contributed by atoms with Crippen molar-refractivity contribution < 1.29 is 4.79 Å². The van der Waals surface area contributed by atoms with Gasteiger partial charge in [-0.3, -0.25) is 0 Å². The van der Waals surface area contributed by atoms with Crippen LogP contribution in [-0.4, -0.2) is 12.1 Å². The van der Waals surface area contributed by atoms with E-state index in [1.807, 2.05) is 54.6 Å². The summed E-state index contributed by atoms with van der Waals surface area (Å²) in [6, 6.07) is 18.0. The summed E-state index contributed by atoms with van der Waals surface area (Å²) in [5.41, 5.74) is 2.84. The second-order valence-corrected chi connectivity index (χ2v) is 6.00. The Hall–Kier alpha value is -2.49. The zero-order valence-electron chi connectivity index (χ0n) is 13.2. The number of anilines is 3. The van der Waals surface area contributed by atoms with Gasteiger partial charge in [-0.1, -0.05) is 37.5 Å². The van der Waals surface area contributed by atoms with Crippen LogP contribution in [0.15, 0.2) is 54.6 Å². The van der Waals surface area contributed by atoms with Crippen LogP contribution in [0.4, 0.5) is 21.9 Å². The average Bonchev–Trinajstić information content (AvgIpc) is 2.58. The second-order valence-electron chi connectivity index (χ2n) is 6.00. The van der Waals surface area contributed by atoms with Crippen LogP contribution >= 0.6 is 0 Å². The molecule has 120 valence electrons. The van der Waals surface area contributed by atoms with Gasteiger partial charge in [0.15, 0.2) is 0 Å². The lowest BCUT2D eigenvalue weighted by Crippen LogP contribution is -2.38. The van der Waals surface area contributed by atoms with E-state index in [0.717, 1.165) is 29.9 Å². The van der Waals surface area contributed by atoms with Gasteiger partial charge in [0.25, 0.3) is 0 Å². The fourth-order valence-electron chi connectivity index (χ4n) is 2.92. The minimum absolute atomic E-state index is 0.110. The first-order valence-electron chi connectivity index (χ1n) is 8.29. The quantitative estimate of drug-likeness (QED) is 0.753. The third-order valence-electron chi connectivity index (χ3n) is 4.15. The zero-order valence-corrected chi connectivity index (χ0v) is 13.2. The van der Waals surface area contributed by atoms with Gasteiger partial charge in [0.05, 0.1) is 0 Å². The van der Waals surface area contributed by atoms with Crippen molar-refractivity contribution in [1.82, 2.24) is 5.32 Å². The van der Waals surface area contributed by atoms with Gasteiger partial charge in [-0.2, -0.15) is 0 Å². The lowest BCUT2D eigenvalue weighted by molar-refractivity contribution is 0.244. The minimum Gasteiger partial charge on any atom is -0.356 e. The highest BCUT2D eigenvalue weighted by atomic mass is 16.2. The lowest BCUT2D eigenvalue weighted by Gasteiger charge is -2.22. The number of urea groups is 1. The molecule has 1 fully saturated rings. The third kappa shape index (κ3) is 4.74. The highest BCUT2D eigenvalue weighted by Crippen LogP contribution is 2.19. The van der Waals surface area contributed by atoms with Gasteiger partial charge in [0, 0.05) is 23.1 Å². The van der Waals surface area contributed by atoms with Crippen LogP contribution in [0.3, 0.4) is 0 Å². The summed E-state index contributed by atoms with van der Waals surface area (Å²) in [5.74, 6) is 0. The molecule has 1 aliphatic rings. The van der Waals surface area contributed by atoms with E-state index >= 15 is 0 Å². The standard InChI is InChI=1S/C19H23N3O/c23-19(21-16-9-5-2-6-10-16)22-18-13-11-17(12-14-18)20-15-7-3-1-4-8-15/h1,3-4,7-8,11-14,16,20H,2,5-6,9-10H2,(H2,21,22,23).